The van der Waals surface area contributed by atoms with Crippen molar-refractivity contribution < 1.29 is 14.7 Å². The smallest absolute Gasteiger partial charge is 0.145 e. The minimum absolute atomic E-state index is 0.159. The lowest BCUT2D eigenvalue weighted by molar-refractivity contribution is -0.140. The molecule has 4 rings (SSSR count). The van der Waals surface area contributed by atoms with Crippen LogP contribution in [0.1, 0.15) is 92.4 Å². The molecule has 3 fully saturated rings. The quantitative estimate of drug-likeness (QED) is 0.583. The summed E-state index contributed by atoms with van der Waals surface area (Å²) in [5, 5.41) is 10.2. The number of ketones is 2. The summed E-state index contributed by atoms with van der Waals surface area (Å²) in [7, 11) is 0. The molecule has 3 heteroatoms. The van der Waals surface area contributed by atoms with Crippen molar-refractivity contribution in [3.8, 4) is 0 Å². The van der Waals surface area contributed by atoms with Crippen LogP contribution in [0.2, 0.25) is 0 Å². The summed E-state index contributed by atoms with van der Waals surface area (Å²) < 4.78 is 0. The third kappa shape index (κ3) is 3.34. The molecule has 3 nitrogen and oxygen atoms in total. The average Bonchev–Trinajstić information content (AvgIpc) is 3.04. The second-order valence-corrected chi connectivity index (χ2v) is 11.9. The summed E-state index contributed by atoms with van der Waals surface area (Å²) in [4.78, 5) is 26.1. The minimum Gasteiger partial charge on any atom is -0.392 e. The second-order valence-electron chi connectivity index (χ2n) is 11.9. The lowest BCUT2D eigenvalue weighted by atomic mass is 9.46. The van der Waals surface area contributed by atoms with Crippen molar-refractivity contribution in [3.05, 3.63) is 11.6 Å². The van der Waals surface area contributed by atoms with Crippen molar-refractivity contribution in [1.82, 2.24) is 0 Å². The van der Waals surface area contributed by atoms with Crippen molar-refractivity contribution in [1.29, 1.82) is 0 Å². The molecule has 3 saturated carbocycles. The summed E-state index contributed by atoms with van der Waals surface area (Å²) in [6.45, 7) is 11.2. The second kappa shape index (κ2) is 7.87. The monoisotopic (exact) mass is 414 g/mol. The fourth-order valence-electron chi connectivity index (χ4n) is 8.24. The molecule has 30 heavy (non-hydrogen) atoms. The topological polar surface area (TPSA) is 54.4 Å². The van der Waals surface area contributed by atoms with Crippen LogP contribution in [0.3, 0.4) is 0 Å². The van der Waals surface area contributed by atoms with Gasteiger partial charge in [0, 0.05) is 18.8 Å². The van der Waals surface area contributed by atoms with E-state index >= 15 is 0 Å². The number of hydrogen-bond donors (Lipinski definition) is 1. The third-order valence-electron chi connectivity index (χ3n) is 10.1. The first-order valence-electron chi connectivity index (χ1n) is 12.5. The van der Waals surface area contributed by atoms with Gasteiger partial charge in [0.2, 0.25) is 0 Å². The highest BCUT2D eigenvalue weighted by Gasteiger charge is 2.61. The molecule has 0 aromatic rings. The predicted octanol–water partition coefficient (Wildman–Crippen LogP) is 5.75. The Hall–Kier alpha value is -0.960. The molecule has 0 amide bonds. The lowest BCUT2D eigenvalue weighted by Gasteiger charge is -2.57. The molecule has 1 unspecified atom stereocenters. The molecule has 0 radical (unpaired) electrons. The van der Waals surface area contributed by atoms with E-state index < -0.39 is 6.10 Å². The number of Topliss-reactive ketones (excluding diaryl/α,β-unsaturated/α-hetero) is 2. The zero-order chi connectivity index (χ0) is 21.8. The summed E-state index contributed by atoms with van der Waals surface area (Å²) >= 11 is 0. The van der Waals surface area contributed by atoms with Crippen molar-refractivity contribution in [2.45, 2.75) is 98.5 Å². The molecule has 0 spiro atoms. The normalized spacial score (nSPS) is 44.2. The van der Waals surface area contributed by atoms with Gasteiger partial charge in [-0.3, -0.25) is 9.59 Å². The molecule has 168 valence electrons. The van der Waals surface area contributed by atoms with Gasteiger partial charge in [0.15, 0.2) is 0 Å². The largest absolute Gasteiger partial charge is 0.392 e. The first kappa shape index (κ1) is 22.2. The Morgan fingerprint density at radius 2 is 1.87 bits per heavy atom. The maximum Gasteiger partial charge on any atom is 0.145 e. The Morgan fingerprint density at radius 1 is 1.13 bits per heavy atom. The molecule has 0 bridgehead atoms. The lowest BCUT2D eigenvalue weighted by Crippen LogP contribution is -2.54. The summed E-state index contributed by atoms with van der Waals surface area (Å²) in [5.41, 5.74) is 1.08. The van der Waals surface area contributed by atoms with E-state index in [9.17, 15) is 14.7 Å². The number of aliphatic hydroxyl groups excluding tert-OH is 1. The van der Waals surface area contributed by atoms with E-state index in [1.54, 1.807) is 0 Å². The van der Waals surface area contributed by atoms with Crippen molar-refractivity contribution in [2.24, 2.45) is 46.3 Å². The van der Waals surface area contributed by atoms with E-state index in [-0.39, 0.29) is 22.5 Å². The van der Waals surface area contributed by atoms with E-state index in [1.807, 2.05) is 0 Å². The van der Waals surface area contributed by atoms with Crippen LogP contribution < -0.4 is 0 Å². The maximum atomic E-state index is 13.1. The van der Waals surface area contributed by atoms with E-state index in [0.29, 0.717) is 48.2 Å². The molecule has 0 heterocycles. The highest BCUT2D eigenvalue weighted by molar-refractivity contribution is 5.90. The SMILES string of the molecule is CC(C)CCC(=O)C(C)[C@H]1CC[C@H]2[C@@H]3CC=C4C[C@@H](O)CC(=O)[C@]4(C)[C@H]3CC[C@]12C. The standard InChI is InChI=1S/C27H42O3/c1-16(2)6-11-24(29)17(3)21-9-10-22-20-8-7-18-14-19(28)15-25(30)27(18,5)23(20)12-13-26(21,22)4/h7,16-17,19-23,28H,6,8-15H2,1-5H3/t17?,19-,20+,21-,22+,23+,26-,27+/m1/s1. The van der Waals surface area contributed by atoms with Crippen LogP contribution in [0.5, 0.6) is 0 Å². The van der Waals surface area contributed by atoms with Gasteiger partial charge < -0.3 is 5.11 Å². The van der Waals surface area contributed by atoms with E-state index in [4.69, 9.17) is 0 Å². The van der Waals surface area contributed by atoms with Gasteiger partial charge in [-0.05, 0) is 86.9 Å². The molecule has 0 aromatic heterocycles. The number of rotatable bonds is 5. The summed E-state index contributed by atoms with van der Waals surface area (Å²) in [6, 6.07) is 0. The van der Waals surface area contributed by atoms with Crippen LogP contribution in [0.15, 0.2) is 11.6 Å². The Morgan fingerprint density at radius 3 is 2.57 bits per heavy atom. The van der Waals surface area contributed by atoms with Crippen LogP contribution in [0, 0.1) is 46.3 Å². The molecule has 0 saturated heterocycles. The molecule has 8 atom stereocenters. The highest BCUT2D eigenvalue weighted by Crippen LogP contribution is 2.66. The van der Waals surface area contributed by atoms with Crippen LogP contribution in [0.25, 0.3) is 0 Å². The minimum atomic E-state index is -0.490. The van der Waals surface area contributed by atoms with Crippen LogP contribution in [-0.2, 0) is 9.59 Å². The molecule has 4 aliphatic rings. The van der Waals surface area contributed by atoms with E-state index in [2.05, 4.69) is 40.7 Å². The molecular formula is C27H42O3. The molecule has 0 aromatic carbocycles. The maximum absolute atomic E-state index is 13.1. The van der Waals surface area contributed by atoms with Gasteiger partial charge in [0.25, 0.3) is 0 Å². The Balaban J connectivity index is 1.55. The highest BCUT2D eigenvalue weighted by atomic mass is 16.3. The third-order valence-corrected chi connectivity index (χ3v) is 10.1. The fourth-order valence-corrected chi connectivity index (χ4v) is 8.24. The Bertz CT molecular complexity index is 736. The Kier molecular flexibility index (Phi) is 5.83. The van der Waals surface area contributed by atoms with Gasteiger partial charge in [-0.25, -0.2) is 0 Å². The molecule has 4 aliphatic carbocycles. The number of carbonyl (C=O) groups is 2. The molecule has 1 N–H and O–H groups in total. The van der Waals surface area contributed by atoms with Gasteiger partial charge >= 0.3 is 0 Å². The van der Waals surface area contributed by atoms with Crippen LogP contribution in [0.4, 0.5) is 0 Å². The van der Waals surface area contributed by atoms with Gasteiger partial charge in [-0.15, -0.1) is 0 Å². The Labute approximate surface area is 183 Å². The number of allylic oxidation sites excluding steroid dienone is 1. The van der Waals surface area contributed by atoms with Crippen molar-refractivity contribution in [2.75, 3.05) is 0 Å². The predicted molar refractivity (Wildman–Crippen MR) is 120 cm³/mol. The van der Waals surface area contributed by atoms with E-state index in [0.717, 1.165) is 32.1 Å². The average molecular weight is 415 g/mol. The summed E-state index contributed by atoms with van der Waals surface area (Å²) in [6.07, 6.45) is 10.2. The van der Waals surface area contributed by atoms with Crippen molar-refractivity contribution >= 4 is 11.6 Å². The van der Waals surface area contributed by atoms with Crippen LogP contribution >= 0.6 is 0 Å². The van der Waals surface area contributed by atoms with Gasteiger partial charge in [0.1, 0.15) is 11.6 Å². The number of fused-ring (bicyclic) bond motifs is 5. The van der Waals surface area contributed by atoms with E-state index in [1.165, 1.54) is 18.4 Å². The number of carbonyl (C=O) groups excluding carboxylic acids is 2. The van der Waals surface area contributed by atoms with Gasteiger partial charge in [-0.2, -0.15) is 0 Å². The summed E-state index contributed by atoms with van der Waals surface area (Å²) in [5.74, 6) is 3.55. The van der Waals surface area contributed by atoms with Crippen molar-refractivity contribution in [3.63, 3.8) is 0 Å². The van der Waals surface area contributed by atoms with Gasteiger partial charge in [0.05, 0.1) is 11.5 Å². The first-order chi connectivity index (χ1) is 14.1. The molecule has 0 aliphatic heterocycles. The zero-order valence-corrected chi connectivity index (χ0v) is 19.7. The molecular weight excluding hydrogens is 372 g/mol. The van der Waals surface area contributed by atoms with Gasteiger partial charge in [-0.1, -0.05) is 39.3 Å². The van der Waals surface area contributed by atoms with Crippen LogP contribution in [-0.4, -0.2) is 22.8 Å². The number of hydrogen-bond acceptors (Lipinski definition) is 3. The first-order valence-corrected chi connectivity index (χ1v) is 12.5. The zero-order valence-electron chi connectivity index (χ0n) is 19.7. The fraction of sp³-hybridized carbons (Fsp3) is 0.852. The number of aliphatic hydroxyl groups is 1.